The van der Waals surface area contributed by atoms with Gasteiger partial charge in [-0.3, -0.25) is 0 Å². The highest BCUT2D eigenvalue weighted by atomic mass is 16.3. The molecule has 246 valence electrons. The van der Waals surface area contributed by atoms with Gasteiger partial charge in [-0.05, 0) is 67.0 Å². The van der Waals surface area contributed by atoms with Crippen molar-refractivity contribution in [1.29, 1.82) is 0 Å². The summed E-state index contributed by atoms with van der Waals surface area (Å²) < 4.78 is 6.74. The third kappa shape index (κ3) is 4.80. The van der Waals surface area contributed by atoms with Gasteiger partial charge in [0.05, 0.1) is 0 Å². The van der Waals surface area contributed by atoms with Gasteiger partial charge in [-0.2, -0.15) is 0 Å². The van der Waals surface area contributed by atoms with Crippen LogP contribution < -0.4 is 0 Å². The topological polar surface area (TPSA) is 51.8 Å². The van der Waals surface area contributed by atoms with Gasteiger partial charge in [0.1, 0.15) is 11.2 Å². The van der Waals surface area contributed by atoms with E-state index in [1.54, 1.807) is 0 Å². The Balaban J connectivity index is 1.15. The SMILES string of the molecule is c1ccc(-c2ccc(-c3nc(-c4ccc5ccc6ccccc6c5c4)nc(-c4cccc5oc6c(ccc7ccc8ccccc8c76)c45)n3)cc2)cc1. The van der Waals surface area contributed by atoms with Crippen LogP contribution in [0.3, 0.4) is 0 Å². The summed E-state index contributed by atoms with van der Waals surface area (Å²) in [7, 11) is 0. The van der Waals surface area contributed by atoms with Crippen molar-refractivity contribution >= 4 is 65.0 Å². The minimum absolute atomic E-state index is 0.599. The van der Waals surface area contributed by atoms with Gasteiger partial charge in [-0.25, -0.2) is 15.0 Å². The number of rotatable bonds is 4. The highest BCUT2D eigenvalue weighted by Gasteiger charge is 2.20. The minimum atomic E-state index is 0.599. The number of nitrogens with zero attached hydrogens (tertiary/aromatic N) is 3. The third-order valence-corrected chi connectivity index (χ3v) is 10.5. The summed E-state index contributed by atoms with van der Waals surface area (Å²) in [4.78, 5) is 15.6. The van der Waals surface area contributed by atoms with E-state index in [0.717, 1.165) is 55.0 Å². The van der Waals surface area contributed by atoms with Crippen LogP contribution in [0.5, 0.6) is 0 Å². The smallest absolute Gasteiger partial charge is 0.164 e. The Morgan fingerprint density at radius 1 is 0.321 bits per heavy atom. The Morgan fingerprint density at radius 2 is 0.887 bits per heavy atom. The molecular formula is C49H29N3O. The fourth-order valence-electron chi connectivity index (χ4n) is 7.90. The van der Waals surface area contributed by atoms with Crippen LogP contribution in [0.4, 0.5) is 0 Å². The standard InChI is InChI=1S/C49H29N3O/c1-2-9-30(10-3-1)31-17-24-36(25-18-31)47-50-48(37-26-22-34-20-19-32-11-4-6-13-38(32)42(34)29-37)52-49(51-47)41-15-8-16-43-45(41)40-28-27-35-23-21-33-12-5-7-14-39(33)44(35)46(40)53-43/h1-29H. The first-order valence-corrected chi connectivity index (χ1v) is 17.9. The molecular weight excluding hydrogens is 647 g/mol. The van der Waals surface area contributed by atoms with Gasteiger partial charge in [-0.15, -0.1) is 0 Å². The summed E-state index contributed by atoms with van der Waals surface area (Å²) in [6.45, 7) is 0. The van der Waals surface area contributed by atoms with Crippen LogP contribution in [0.25, 0.3) is 110 Å². The molecule has 0 saturated heterocycles. The Kier molecular flexibility index (Phi) is 6.52. The molecule has 4 nitrogen and oxygen atoms in total. The summed E-state index contributed by atoms with van der Waals surface area (Å²) in [5.41, 5.74) is 6.72. The van der Waals surface area contributed by atoms with Gasteiger partial charge in [0, 0.05) is 32.8 Å². The number of fused-ring (bicyclic) bond motifs is 10. The van der Waals surface area contributed by atoms with Gasteiger partial charge >= 0.3 is 0 Å². The van der Waals surface area contributed by atoms with Crippen LogP contribution in [0.1, 0.15) is 0 Å². The predicted octanol–water partition coefficient (Wildman–Crippen LogP) is 13.1. The average Bonchev–Trinajstić information content (AvgIpc) is 3.63. The molecule has 0 saturated carbocycles. The molecule has 9 aromatic carbocycles. The van der Waals surface area contributed by atoms with Crippen molar-refractivity contribution in [3.63, 3.8) is 0 Å². The van der Waals surface area contributed by atoms with Gasteiger partial charge in [0.15, 0.2) is 17.5 Å². The van der Waals surface area contributed by atoms with Crippen LogP contribution in [0, 0.1) is 0 Å². The zero-order valence-electron chi connectivity index (χ0n) is 28.5. The quantitative estimate of drug-likeness (QED) is 0.174. The lowest BCUT2D eigenvalue weighted by Gasteiger charge is -2.11. The molecule has 2 heterocycles. The Morgan fingerprint density at radius 3 is 1.70 bits per heavy atom. The second kappa shape index (κ2) is 11.7. The second-order valence-electron chi connectivity index (χ2n) is 13.6. The van der Waals surface area contributed by atoms with Crippen molar-refractivity contribution < 1.29 is 4.42 Å². The number of furan rings is 1. The predicted molar refractivity (Wildman–Crippen MR) is 219 cm³/mol. The molecule has 53 heavy (non-hydrogen) atoms. The van der Waals surface area contributed by atoms with E-state index in [9.17, 15) is 0 Å². The minimum Gasteiger partial charge on any atom is -0.455 e. The van der Waals surface area contributed by atoms with E-state index in [1.807, 2.05) is 18.2 Å². The second-order valence-corrected chi connectivity index (χ2v) is 13.6. The lowest BCUT2D eigenvalue weighted by molar-refractivity contribution is 0.673. The number of aromatic nitrogens is 3. The van der Waals surface area contributed by atoms with E-state index >= 15 is 0 Å². The molecule has 0 amide bonds. The fourth-order valence-corrected chi connectivity index (χ4v) is 7.90. The molecule has 0 aliphatic carbocycles. The van der Waals surface area contributed by atoms with Crippen molar-refractivity contribution in [2.24, 2.45) is 0 Å². The summed E-state index contributed by atoms with van der Waals surface area (Å²) in [6, 6.07) is 61.6. The van der Waals surface area contributed by atoms with Crippen molar-refractivity contribution in [3.05, 3.63) is 176 Å². The van der Waals surface area contributed by atoms with Crippen LogP contribution >= 0.6 is 0 Å². The molecule has 0 radical (unpaired) electrons. The summed E-state index contributed by atoms with van der Waals surface area (Å²) >= 11 is 0. The maximum Gasteiger partial charge on any atom is 0.164 e. The van der Waals surface area contributed by atoms with Crippen LogP contribution in [0.15, 0.2) is 180 Å². The first kappa shape index (κ1) is 29.5. The summed E-state index contributed by atoms with van der Waals surface area (Å²) in [6.07, 6.45) is 0. The van der Waals surface area contributed by atoms with E-state index in [0.29, 0.717) is 17.5 Å². The average molecular weight is 676 g/mol. The largest absolute Gasteiger partial charge is 0.455 e. The van der Waals surface area contributed by atoms with Crippen molar-refractivity contribution in [2.75, 3.05) is 0 Å². The number of hydrogen-bond acceptors (Lipinski definition) is 4. The van der Waals surface area contributed by atoms with E-state index in [2.05, 4.69) is 158 Å². The normalized spacial score (nSPS) is 11.8. The number of hydrogen-bond donors (Lipinski definition) is 0. The highest BCUT2D eigenvalue weighted by Crippen LogP contribution is 2.41. The molecule has 11 rings (SSSR count). The molecule has 0 bridgehead atoms. The molecule has 0 N–H and O–H groups in total. The van der Waals surface area contributed by atoms with Crippen LogP contribution in [0.2, 0.25) is 0 Å². The van der Waals surface area contributed by atoms with Gasteiger partial charge in [0.2, 0.25) is 0 Å². The fraction of sp³-hybridized carbons (Fsp3) is 0. The van der Waals surface area contributed by atoms with E-state index in [4.69, 9.17) is 19.4 Å². The highest BCUT2D eigenvalue weighted by molar-refractivity contribution is 6.24. The maximum absolute atomic E-state index is 6.74. The van der Waals surface area contributed by atoms with E-state index in [1.165, 1.54) is 37.9 Å². The molecule has 0 unspecified atom stereocenters. The van der Waals surface area contributed by atoms with E-state index in [-0.39, 0.29) is 0 Å². The molecule has 2 aromatic heterocycles. The molecule has 0 aliphatic heterocycles. The Labute approximate surface area is 304 Å². The molecule has 0 fully saturated rings. The molecule has 0 aliphatic rings. The Hall–Kier alpha value is -7.17. The first-order chi connectivity index (χ1) is 26.2. The lowest BCUT2D eigenvalue weighted by Crippen LogP contribution is -2.00. The molecule has 0 atom stereocenters. The first-order valence-electron chi connectivity index (χ1n) is 17.9. The van der Waals surface area contributed by atoms with Gasteiger partial charge in [0.25, 0.3) is 0 Å². The Bertz CT molecular complexity index is 3220. The number of benzene rings is 9. The zero-order chi connectivity index (χ0) is 34.9. The third-order valence-electron chi connectivity index (χ3n) is 10.5. The maximum atomic E-state index is 6.74. The van der Waals surface area contributed by atoms with Crippen molar-refractivity contribution in [1.82, 2.24) is 15.0 Å². The summed E-state index contributed by atoms with van der Waals surface area (Å²) in [5, 5.41) is 11.4. The van der Waals surface area contributed by atoms with Crippen molar-refractivity contribution in [2.45, 2.75) is 0 Å². The van der Waals surface area contributed by atoms with Gasteiger partial charge < -0.3 is 4.42 Å². The van der Waals surface area contributed by atoms with E-state index < -0.39 is 0 Å². The summed E-state index contributed by atoms with van der Waals surface area (Å²) in [5.74, 6) is 1.83. The lowest BCUT2D eigenvalue weighted by atomic mass is 9.98. The molecule has 0 spiro atoms. The monoisotopic (exact) mass is 675 g/mol. The zero-order valence-corrected chi connectivity index (χ0v) is 28.5. The molecule has 4 heteroatoms. The molecule has 11 aromatic rings. The van der Waals surface area contributed by atoms with Crippen molar-refractivity contribution in [3.8, 4) is 45.3 Å². The van der Waals surface area contributed by atoms with Gasteiger partial charge in [-0.1, -0.05) is 158 Å². The van der Waals surface area contributed by atoms with Crippen LogP contribution in [-0.2, 0) is 0 Å². The van der Waals surface area contributed by atoms with Crippen LogP contribution in [-0.4, -0.2) is 15.0 Å².